The highest BCUT2D eigenvalue weighted by atomic mass is 16.5. The second-order valence-corrected chi connectivity index (χ2v) is 7.25. The fourth-order valence-corrected chi connectivity index (χ4v) is 3.26. The smallest absolute Gasteiger partial charge is 0.291 e. The molecule has 8 heteroatoms. The first-order valence-electron chi connectivity index (χ1n) is 10.1. The number of anilines is 1. The van der Waals surface area contributed by atoms with Crippen LogP contribution in [0.15, 0.2) is 47.1 Å². The average molecular weight is 413 g/mol. The van der Waals surface area contributed by atoms with Crippen LogP contribution in [0.25, 0.3) is 0 Å². The Balaban J connectivity index is 1.77. The SMILES string of the molecule is CC[C@@H](C)[C@H](NC(=O)c1ccccc1NC(=O)c1ccco1)C(=O)N1CCOCC1. The first-order chi connectivity index (χ1) is 14.5. The first-order valence-corrected chi connectivity index (χ1v) is 10.1. The summed E-state index contributed by atoms with van der Waals surface area (Å²) in [6, 6.07) is 9.17. The quantitative estimate of drug-likeness (QED) is 0.726. The summed E-state index contributed by atoms with van der Waals surface area (Å²) in [6.07, 6.45) is 2.14. The third-order valence-electron chi connectivity index (χ3n) is 5.25. The number of nitrogens with one attached hydrogen (secondary N) is 2. The highest BCUT2D eigenvalue weighted by Gasteiger charge is 2.31. The van der Waals surface area contributed by atoms with Gasteiger partial charge in [-0.25, -0.2) is 0 Å². The maximum absolute atomic E-state index is 13.1. The molecule has 0 unspecified atom stereocenters. The topological polar surface area (TPSA) is 101 Å². The monoisotopic (exact) mass is 413 g/mol. The second-order valence-electron chi connectivity index (χ2n) is 7.25. The third kappa shape index (κ3) is 5.07. The second kappa shape index (κ2) is 10.1. The minimum absolute atomic E-state index is 0.0471. The maximum atomic E-state index is 13.1. The lowest BCUT2D eigenvalue weighted by molar-refractivity contribution is -0.138. The molecule has 2 aromatic rings. The van der Waals surface area contributed by atoms with Crippen LogP contribution >= 0.6 is 0 Å². The minimum Gasteiger partial charge on any atom is -0.459 e. The molecule has 0 bridgehead atoms. The van der Waals surface area contributed by atoms with Crippen LogP contribution in [0.3, 0.4) is 0 Å². The third-order valence-corrected chi connectivity index (χ3v) is 5.25. The van der Waals surface area contributed by atoms with Gasteiger partial charge in [-0.3, -0.25) is 14.4 Å². The molecule has 0 radical (unpaired) electrons. The minimum atomic E-state index is -0.658. The van der Waals surface area contributed by atoms with E-state index in [4.69, 9.17) is 9.15 Å². The van der Waals surface area contributed by atoms with Gasteiger partial charge in [0.1, 0.15) is 6.04 Å². The van der Waals surface area contributed by atoms with E-state index in [2.05, 4.69) is 10.6 Å². The van der Waals surface area contributed by atoms with Gasteiger partial charge >= 0.3 is 0 Å². The molecule has 3 rings (SSSR count). The number of carbonyl (C=O) groups excluding carboxylic acids is 3. The number of furan rings is 1. The van der Waals surface area contributed by atoms with Gasteiger partial charge in [-0.05, 0) is 30.2 Å². The molecule has 30 heavy (non-hydrogen) atoms. The number of amides is 3. The normalized spacial score (nSPS) is 15.9. The number of nitrogens with zero attached hydrogens (tertiary/aromatic N) is 1. The Hall–Kier alpha value is -3.13. The number of hydrogen-bond donors (Lipinski definition) is 2. The Bertz CT molecular complexity index is 875. The van der Waals surface area contributed by atoms with Crippen LogP contribution in [0.4, 0.5) is 5.69 Å². The van der Waals surface area contributed by atoms with Crippen molar-refractivity contribution in [1.29, 1.82) is 0 Å². The van der Waals surface area contributed by atoms with Crippen molar-refractivity contribution in [2.75, 3.05) is 31.6 Å². The number of ether oxygens (including phenoxy) is 1. The molecule has 0 spiro atoms. The van der Waals surface area contributed by atoms with Crippen LogP contribution in [0, 0.1) is 5.92 Å². The number of hydrogen-bond acceptors (Lipinski definition) is 5. The summed E-state index contributed by atoms with van der Waals surface area (Å²) in [5, 5.41) is 5.58. The van der Waals surface area contributed by atoms with Gasteiger partial charge in [0.15, 0.2) is 5.76 Å². The van der Waals surface area contributed by atoms with Crippen molar-refractivity contribution < 1.29 is 23.5 Å². The lowest BCUT2D eigenvalue weighted by Gasteiger charge is -2.33. The fraction of sp³-hybridized carbons (Fsp3) is 0.409. The number of carbonyl (C=O) groups is 3. The summed E-state index contributed by atoms with van der Waals surface area (Å²) in [7, 11) is 0. The standard InChI is InChI=1S/C22H27N3O5/c1-3-15(2)19(22(28)25-10-13-29-14-11-25)24-20(26)16-7-4-5-8-17(16)23-21(27)18-9-6-12-30-18/h4-9,12,15,19H,3,10-11,13-14H2,1-2H3,(H,23,27)(H,24,26)/t15-,19+/m1/s1. The van der Waals surface area contributed by atoms with E-state index in [0.717, 1.165) is 6.42 Å². The Morgan fingerprint density at radius 2 is 1.80 bits per heavy atom. The van der Waals surface area contributed by atoms with Gasteiger partial charge in [0, 0.05) is 13.1 Å². The van der Waals surface area contributed by atoms with Crippen LogP contribution in [0.5, 0.6) is 0 Å². The van der Waals surface area contributed by atoms with Gasteiger partial charge in [-0.1, -0.05) is 32.4 Å². The first kappa shape index (κ1) is 21.6. The number of para-hydroxylation sites is 1. The van der Waals surface area contributed by atoms with E-state index < -0.39 is 17.9 Å². The molecule has 1 fully saturated rings. The maximum Gasteiger partial charge on any atom is 0.291 e. The predicted molar refractivity (Wildman–Crippen MR) is 111 cm³/mol. The molecule has 160 valence electrons. The highest BCUT2D eigenvalue weighted by molar-refractivity contribution is 6.08. The molecule has 2 heterocycles. The summed E-state index contributed by atoms with van der Waals surface area (Å²) >= 11 is 0. The zero-order valence-electron chi connectivity index (χ0n) is 17.2. The molecule has 2 N–H and O–H groups in total. The summed E-state index contributed by atoms with van der Waals surface area (Å²) in [6.45, 7) is 5.93. The molecular formula is C22H27N3O5. The molecule has 1 aliphatic rings. The summed E-state index contributed by atoms with van der Waals surface area (Å²) in [5.74, 6) is -0.891. The van der Waals surface area contributed by atoms with Crippen molar-refractivity contribution >= 4 is 23.4 Å². The Kier molecular flexibility index (Phi) is 7.24. The van der Waals surface area contributed by atoms with E-state index in [1.165, 1.54) is 12.3 Å². The molecule has 2 atom stereocenters. The zero-order chi connectivity index (χ0) is 21.5. The van der Waals surface area contributed by atoms with E-state index in [1.54, 1.807) is 35.2 Å². The van der Waals surface area contributed by atoms with Crippen molar-refractivity contribution in [2.45, 2.75) is 26.3 Å². The van der Waals surface area contributed by atoms with Gasteiger partial charge < -0.3 is 24.7 Å². The van der Waals surface area contributed by atoms with E-state index in [9.17, 15) is 14.4 Å². The molecule has 0 aliphatic carbocycles. The molecule has 8 nitrogen and oxygen atoms in total. The zero-order valence-corrected chi connectivity index (χ0v) is 17.2. The van der Waals surface area contributed by atoms with E-state index in [0.29, 0.717) is 32.0 Å². The molecule has 3 amide bonds. The van der Waals surface area contributed by atoms with Crippen LogP contribution in [-0.4, -0.2) is 55.0 Å². The summed E-state index contributed by atoms with van der Waals surface area (Å²) in [5.41, 5.74) is 0.624. The van der Waals surface area contributed by atoms with Crippen molar-refractivity contribution in [1.82, 2.24) is 10.2 Å². The summed E-state index contributed by atoms with van der Waals surface area (Å²) < 4.78 is 10.4. The molecular weight excluding hydrogens is 386 g/mol. The lowest BCUT2D eigenvalue weighted by atomic mass is 9.97. The van der Waals surface area contributed by atoms with Gasteiger partial charge in [0.25, 0.3) is 11.8 Å². The van der Waals surface area contributed by atoms with Gasteiger partial charge in [0.2, 0.25) is 5.91 Å². The van der Waals surface area contributed by atoms with Crippen molar-refractivity contribution in [3.63, 3.8) is 0 Å². The van der Waals surface area contributed by atoms with Gasteiger partial charge in [0.05, 0.1) is 30.7 Å². The Morgan fingerprint density at radius 1 is 1.07 bits per heavy atom. The Labute approximate surface area is 175 Å². The molecule has 1 saturated heterocycles. The number of benzene rings is 1. The molecule has 0 saturated carbocycles. The van der Waals surface area contributed by atoms with Crippen molar-refractivity contribution in [3.8, 4) is 0 Å². The largest absolute Gasteiger partial charge is 0.459 e. The van der Waals surface area contributed by atoms with Gasteiger partial charge in [-0.2, -0.15) is 0 Å². The van der Waals surface area contributed by atoms with Crippen molar-refractivity contribution in [3.05, 3.63) is 54.0 Å². The van der Waals surface area contributed by atoms with Crippen LogP contribution in [-0.2, 0) is 9.53 Å². The van der Waals surface area contributed by atoms with Crippen LogP contribution in [0.1, 0.15) is 41.2 Å². The van der Waals surface area contributed by atoms with E-state index in [1.807, 2.05) is 13.8 Å². The lowest BCUT2D eigenvalue weighted by Crippen LogP contribution is -2.54. The van der Waals surface area contributed by atoms with Crippen molar-refractivity contribution in [2.24, 2.45) is 5.92 Å². The highest BCUT2D eigenvalue weighted by Crippen LogP contribution is 2.19. The average Bonchev–Trinajstić information content (AvgIpc) is 3.32. The van der Waals surface area contributed by atoms with Crippen LogP contribution in [0.2, 0.25) is 0 Å². The van der Waals surface area contributed by atoms with Gasteiger partial charge in [-0.15, -0.1) is 0 Å². The molecule has 1 aromatic heterocycles. The van der Waals surface area contributed by atoms with E-state index >= 15 is 0 Å². The predicted octanol–water partition coefficient (Wildman–Crippen LogP) is 2.54. The summed E-state index contributed by atoms with van der Waals surface area (Å²) in [4.78, 5) is 40.2. The Morgan fingerprint density at radius 3 is 2.47 bits per heavy atom. The molecule has 1 aromatic carbocycles. The number of rotatable bonds is 7. The number of morpholine rings is 1. The van der Waals surface area contributed by atoms with E-state index in [-0.39, 0.29) is 23.1 Å². The fourth-order valence-electron chi connectivity index (χ4n) is 3.26. The van der Waals surface area contributed by atoms with Crippen LogP contribution < -0.4 is 10.6 Å². The molecule has 1 aliphatic heterocycles.